The summed E-state index contributed by atoms with van der Waals surface area (Å²) >= 11 is 0. The smallest absolute Gasteiger partial charge is 0.305 e. The number of aliphatic carboxylic acids is 1. The minimum absolute atomic E-state index is 0.373. The molecule has 0 aliphatic rings. The van der Waals surface area contributed by atoms with Crippen LogP contribution in [0, 0.1) is 21.7 Å². The largest absolute Gasteiger partial charge is 0.481 e. The fourth-order valence-corrected chi connectivity index (χ4v) is 3.83. The van der Waals surface area contributed by atoms with Gasteiger partial charge in [0.25, 0.3) is 15.7 Å². The number of anilines is 1. The summed E-state index contributed by atoms with van der Waals surface area (Å²) < 4.78 is 53.4. The molecule has 0 unspecified atom stereocenters. The first-order valence-electron chi connectivity index (χ1n) is 7.07. The molecule has 1 N–H and O–H groups in total. The third-order valence-electron chi connectivity index (χ3n) is 3.34. The minimum Gasteiger partial charge on any atom is -0.481 e. The number of nitrogens with zero attached hydrogens (tertiary/aromatic N) is 2. The minimum atomic E-state index is -4.69. The lowest BCUT2D eigenvalue weighted by molar-refractivity contribution is -0.387. The number of para-hydroxylation sites is 1. The van der Waals surface area contributed by atoms with Crippen LogP contribution in [0.3, 0.4) is 0 Å². The Bertz CT molecular complexity index is 964. The molecule has 8 nitrogen and oxygen atoms in total. The van der Waals surface area contributed by atoms with Crippen LogP contribution in [0.25, 0.3) is 0 Å². The average molecular weight is 386 g/mol. The van der Waals surface area contributed by atoms with Gasteiger partial charge in [-0.25, -0.2) is 17.2 Å². The molecule has 0 radical (unpaired) electrons. The van der Waals surface area contributed by atoms with Crippen molar-refractivity contribution in [2.75, 3.05) is 10.8 Å². The Morgan fingerprint density at radius 3 is 2.42 bits per heavy atom. The van der Waals surface area contributed by atoms with Gasteiger partial charge in [-0.1, -0.05) is 12.1 Å². The van der Waals surface area contributed by atoms with E-state index in [4.69, 9.17) is 5.11 Å². The summed E-state index contributed by atoms with van der Waals surface area (Å²) in [4.78, 5) is 20.3. The maximum absolute atomic E-state index is 14.1. The highest BCUT2D eigenvalue weighted by molar-refractivity contribution is 7.93. The summed E-state index contributed by atoms with van der Waals surface area (Å²) in [6.45, 7) is -0.702. The zero-order valence-electron chi connectivity index (χ0n) is 13.0. The topological polar surface area (TPSA) is 118 Å². The molecule has 0 heterocycles. The first kappa shape index (κ1) is 19.2. The summed E-state index contributed by atoms with van der Waals surface area (Å²) in [5.41, 5.74) is -1.37. The van der Waals surface area contributed by atoms with Crippen molar-refractivity contribution >= 4 is 27.4 Å². The molecular weight excluding hydrogens is 374 g/mol. The van der Waals surface area contributed by atoms with Gasteiger partial charge in [-0.05, 0) is 18.2 Å². The predicted octanol–water partition coefficient (Wildman–Crippen LogP) is 2.54. The van der Waals surface area contributed by atoms with Crippen molar-refractivity contribution in [1.82, 2.24) is 0 Å². The second-order valence-corrected chi connectivity index (χ2v) is 6.87. The van der Waals surface area contributed by atoms with Crippen molar-refractivity contribution in [1.29, 1.82) is 0 Å². The Morgan fingerprint density at radius 2 is 1.85 bits per heavy atom. The molecule has 0 bridgehead atoms. The number of carboxylic acids is 1. The molecule has 2 aromatic carbocycles. The molecule has 2 rings (SSSR count). The van der Waals surface area contributed by atoms with Crippen LogP contribution in [0.5, 0.6) is 0 Å². The quantitative estimate of drug-likeness (QED) is 0.577. The van der Waals surface area contributed by atoms with Crippen molar-refractivity contribution in [3.8, 4) is 0 Å². The maximum Gasteiger partial charge on any atom is 0.305 e. The molecule has 138 valence electrons. The highest BCUT2D eigenvalue weighted by Gasteiger charge is 2.33. The molecule has 0 saturated carbocycles. The second kappa shape index (κ2) is 7.44. The molecule has 0 saturated heterocycles. The van der Waals surface area contributed by atoms with Gasteiger partial charge in [0.05, 0.1) is 17.0 Å². The fraction of sp³-hybridized carbons (Fsp3) is 0.133. The summed E-state index contributed by atoms with van der Waals surface area (Å²) in [5.74, 6) is -3.58. The van der Waals surface area contributed by atoms with Crippen LogP contribution in [-0.4, -0.2) is 31.0 Å². The number of halogens is 2. The lowest BCUT2D eigenvalue weighted by Gasteiger charge is -2.24. The van der Waals surface area contributed by atoms with Crippen LogP contribution < -0.4 is 4.31 Å². The van der Waals surface area contributed by atoms with Gasteiger partial charge in [0.1, 0.15) is 11.6 Å². The SMILES string of the molecule is O=C(O)CCN(c1ccc(F)cc1F)S(=O)(=O)c1ccccc1[N+](=O)[O-]. The summed E-state index contributed by atoms with van der Waals surface area (Å²) in [5, 5.41) is 19.9. The molecule has 0 spiro atoms. The molecule has 2 aromatic rings. The molecule has 0 atom stereocenters. The molecule has 0 aromatic heterocycles. The van der Waals surface area contributed by atoms with Gasteiger partial charge >= 0.3 is 5.97 Å². The van der Waals surface area contributed by atoms with E-state index in [1.165, 1.54) is 12.1 Å². The van der Waals surface area contributed by atoms with Gasteiger partial charge in [0.2, 0.25) is 0 Å². The van der Waals surface area contributed by atoms with Crippen LogP contribution in [0.1, 0.15) is 6.42 Å². The Kier molecular flexibility index (Phi) is 5.50. The van der Waals surface area contributed by atoms with Crippen LogP contribution >= 0.6 is 0 Å². The number of nitro benzene ring substituents is 1. The van der Waals surface area contributed by atoms with Crippen molar-refractivity contribution in [3.63, 3.8) is 0 Å². The number of nitro groups is 1. The van der Waals surface area contributed by atoms with Crippen molar-refractivity contribution < 1.29 is 32.0 Å². The third kappa shape index (κ3) is 3.94. The highest BCUT2D eigenvalue weighted by Crippen LogP contribution is 2.31. The zero-order chi connectivity index (χ0) is 19.5. The summed E-state index contributed by atoms with van der Waals surface area (Å²) in [7, 11) is -4.69. The monoisotopic (exact) mass is 386 g/mol. The van der Waals surface area contributed by atoms with E-state index >= 15 is 0 Å². The van der Waals surface area contributed by atoms with Gasteiger partial charge in [0.15, 0.2) is 4.90 Å². The summed E-state index contributed by atoms with van der Waals surface area (Å²) in [6.07, 6.45) is -0.698. The number of hydrogen-bond donors (Lipinski definition) is 1. The Labute approximate surface area is 146 Å². The fourth-order valence-electron chi connectivity index (χ4n) is 2.20. The molecule has 0 aliphatic carbocycles. The first-order valence-corrected chi connectivity index (χ1v) is 8.51. The molecule has 0 amide bonds. The van der Waals surface area contributed by atoms with E-state index < -0.39 is 61.8 Å². The van der Waals surface area contributed by atoms with Crippen molar-refractivity contribution in [2.45, 2.75) is 11.3 Å². The molecular formula is C15H12F2N2O6S. The van der Waals surface area contributed by atoms with Crippen molar-refractivity contribution in [3.05, 3.63) is 64.2 Å². The second-order valence-electron chi connectivity index (χ2n) is 5.04. The number of carbonyl (C=O) groups is 1. The number of benzene rings is 2. The lowest BCUT2D eigenvalue weighted by Crippen LogP contribution is -2.34. The van der Waals surface area contributed by atoms with Crippen LogP contribution in [-0.2, 0) is 14.8 Å². The Balaban J connectivity index is 2.64. The Hall–Kier alpha value is -3.08. The van der Waals surface area contributed by atoms with Gasteiger partial charge in [0, 0.05) is 18.7 Å². The van der Waals surface area contributed by atoms with E-state index in [1.807, 2.05) is 0 Å². The van der Waals surface area contributed by atoms with Crippen LogP contribution in [0.4, 0.5) is 20.2 Å². The van der Waals surface area contributed by atoms with E-state index in [9.17, 15) is 32.1 Å². The predicted molar refractivity (Wildman–Crippen MR) is 86.2 cm³/mol. The number of sulfonamides is 1. The molecule has 26 heavy (non-hydrogen) atoms. The van der Waals surface area contributed by atoms with Crippen molar-refractivity contribution in [2.24, 2.45) is 0 Å². The van der Waals surface area contributed by atoms with Gasteiger partial charge in [-0.2, -0.15) is 0 Å². The zero-order valence-corrected chi connectivity index (χ0v) is 13.8. The third-order valence-corrected chi connectivity index (χ3v) is 5.20. The van der Waals surface area contributed by atoms with Gasteiger partial charge in [-0.3, -0.25) is 19.2 Å². The van der Waals surface area contributed by atoms with E-state index in [0.29, 0.717) is 10.4 Å². The molecule has 0 fully saturated rings. The lowest BCUT2D eigenvalue weighted by atomic mass is 10.3. The molecule has 0 aliphatic heterocycles. The number of hydrogen-bond acceptors (Lipinski definition) is 5. The standard InChI is InChI=1S/C15H12F2N2O6S/c16-10-5-6-12(11(17)9-10)18(8-7-15(20)21)26(24,25)14-4-2-1-3-13(14)19(22)23/h1-6,9H,7-8H2,(H,20,21). The van der Waals surface area contributed by atoms with Gasteiger partial charge in [-0.15, -0.1) is 0 Å². The normalized spacial score (nSPS) is 11.2. The highest BCUT2D eigenvalue weighted by atomic mass is 32.2. The first-order chi connectivity index (χ1) is 12.1. The average Bonchev–Trinajstić information content (AvgIpc) is 2.56. The van der Waals surface area contributed by atoms with Gasteiger partial charge < -0.3 is 5.11 Å². The van der Waals surface area contributed by atoms with Crippen LogP contribution in [0.2, 0.25) is 0 Å². The van der Waals surface area contributed by atoms with E-state index in [1.54, 1.807) is 0 Å². The van der Waals surface area contributed by atoms with E-state index in [2.05, 4.69) is 0 Å². The van der Waals surface area contributed by atoms with Crippen LogP contribution in [0.15, 0.2) is 47.4 Å². The molecule has 11 heteroatoms. The van der Waals surface area contributed by atoms with E-state index in [0.717, 1.165) is 24.3 Å². The maximum atomic E-state index is 14.1. The number of rotatable bonds is 7. The number of carboxylic acid groups (broad SMARTS) is 1. The summed E-state index contributed by atoms with van der Waals surface area (Å²) in [6, 6.07) is 6.41. The Morgan fingerprint density at radius 1 is 1.19 bits per heavy atom. The van der Waals surface area contributed by atoms with E-state index in [-0.39, 0.29) is 0 Å².